The summed E-state index contributed by atoms with van der Waals surface area (Å²) in [6, 6.07) is 16.1. The van der Waals surface area contributed by atoms with Gasteiger partial charge in [-0.25, -0.2) is 9.48 Å². The zero-order valence-electron chi connectivity index (χ0n) is 16.6. The summed E-state index contributed by atoms with van der Waals surface area (Å²) < 4.78 is 5.81. The Morgan fingerprint density at radius 2 is 1.79 bits per heavy atom. The van der Waals surface area contributed by atoms with Crippen molar-refractivity contribution in [3.05, 3.63) is 65.0 Å². The van der Waals surface area contributed by atoms with Crippen LogP contribution in [0.25, 0.3) is 22.0 Å². The minimum absolute atomic E-state index is 0.153. The second kappa shape index (κ2) is 8.68. The summed E-state index contributed by atoms with van der Waals surface area (Å²) in [5, 5.41) is 9.11. The summed E-state index contributed by atoms with van der Waals surface area (Å²) in [6.45, 7) is 3.31. The molecule has 1 heterocycles. The summed E-state index contributed by atoms with van der Waals surface area (Å²) in [6.07, 6.45) is 0. The summed E-state index contributed by atoms with van der Waals surface area (Å²) in [4.78, 5) is 36.4. The molecule has 0 aliphatic rings. The molecule has 1 aromatic heterocycles. The molecule has 2 aromatic carbocycles. The van der Waals surface area contributed by atoms with Crippen molar-refractivity contribution in [2.75, 3.05) is 7.11 Å². The first-order chi connectivity index (χ1) is 13.9. The quantitative estimate of drug-likeness (QED) is 0.650. The maximum absolute atomic E-state index is 12.4. The number of esters is 1. The maximum atomic E-state index is 12.4. The van der Waals surface area contributed by atoms with Crippen LogP contribution in [0.15, 0.2) is 59.4 Å². The molecule has 0 fully saturated rings. The normalized spacial score (nSPS) is 12.0. The highest BCUT2D eigenvalue weighted by Crippen LogP contribution is 2.22. The van der Waals surface area contributed by atoms with Crippen molar-refractivity contribution in [3.8, 4) is 11.3 Å². The number of hydrogen-bond acceptors (Lipinski definition) is 5. The number of hydrogen-bond donors (Lipinski definition) is 1. The Morgan fingerprint density at radius 3 is 2.48 bits per heavy atom. The minimum atomic E-state index is -0.785. The Bertz CT molecular complexity index is 1100. The lowest BCUT2D eigenvalue weighted by Crippen LogP contribution is -2.47. The molecule has 7 nitrogen and oxygen atoms in total. The maximum Gasteiger partial charge on any atom is 0.328 e. The van der Waals surface area contributed by atoms with Crippen LogP contribution < -0.4 is 10.9 Å². The van der Waals surface area contributed by atoms with Gasteiger partial charge < -0.3 is 10.1 Å². The van der Waals surface area contributed by atoms with E-state index in [1.165, 1.54) is 13.2 Å². The molecular weight excluding hydrogens is 370 g/mol. The van der Waals surface area contributed by atoms with E-state index in [1.54, 1.807) is 19.9 Å². The van der Waals surface area contributed by atoms with Crippen molar-refractivity contribution in [3.63, 3.8) is 0 Å². The van der Waals surface area contributed by atoms with Gasteiger partial charge in [0.05, 0.1) is 12.8 Å². The van der Waals surface area contributed by atoms with Gasteiger partial charge in [0.2, 0.25) is 5.91 Å². The lowest BCUT2D eigenvalue weighted by molar-refractivity contribution is -0.146. The van der Waals surface area contributed by atoms with Gasteiger partial charge in [0, 0.05) is 11.6 Å². The average Bonchev–Trinajstić information content (AvgIpc) is 2.72. The SMILES string of the molecule is COC(=O)[C@@H](NC(=O)Cn1nc(-c2ccc3ccccc3c2)ccc1=O)C(C)C. The second-order valence-electron chi connectivity index (χ2n) is 7.09. The van der Waals surface area contributed by atoms with Crippen molar-refractivity contribution in [1.29, 1.82) is 0 Å². The summed E-state index contributed by atoms with van der Waals surface area (Å²) in [7, 11) is 1.27. The third kappa shape index (κ3) is 4.68. The third-order valence-corrected chi connectivity index (χ3v) is 4.64. The number of fused-ring (bicyclic) bond motifs is 1. The fraction of sp³-hybridized carbons (Fsp3) is 0.273. The topological polar surface area (TPSA) is 90.3 Å². The van der Waals surface area contributed by atoms with Crippen LogP contribution in [0.2, 0.25) is 0 Å². The van der Waals surface area contributed by atoms with E-state index in [2.05, 4.69) is 10.4 Å². The number of nitrogens with zero attached hydrogens (tertiary/aromatic N) is 2. The van der Waals surface area contributed by atoms with E-state index in [0.717, 1.165) is 21.0 Å². The largest absolute Gasteiger partial charge is 0.467 e. The molecule has 0 aliphatic heterocycles. The van der Waals surface area contributed by atoms with Gasteiger partial charge >= 0.3 is 5.97 Å². The van der Waals surface area contributed by atoms with E-state index in [1.807, 2.05) is 42.5 Å². The van der Waals surface area contributed by atoms with Gasteiger partial charge in [-0.2, -0.15) is 5.10 Å². The minimum Gasteiger partial charge on any atom is -0.467 e. The Kier molecular flexibility index (Phi) is 6.07. The predicted molar refractivity (Wildman–Crippen MR) is 110 cm³/mol. The molecule has 1 N–H and O–H groups in total. The molecule has 29 heavy (non-hydrogen) atoms. The molecule has 3 rings (SSSR count). The van der Waals surface area contributed by atoms with Crippen molar-refractivity contribution in [2.45, 2.75) is 26.4 Å². The van der Waals surface area contributed by atoms with E-state index in [4.69, 9.17) is 4.74 Å². The Labute approximate surface area is 168 Å². The van der Waals surface area contributed by atoms with E-state index in [-0.39, 0.29) is 12.5 Å². The number of rotatable bonds is 6. The predicted octanol–water partition coefficient (Wildman–Crippen LogP) is 2.38. The van der Waals surface area contributed by atoms with Crippen LogP contribution in [0.4, 0.5) is 0 Å². The number of nitrogens with one attached hydrogen (secondary N) is 1. The first-order valence-corrected chi connectivity index (χ1v) is 9.33. The highest BCUT2D eigenvalue weighted by molar-refractivity contribution is 5.87. The molecule has 0 spiro atoms. The van der Waals surface area contributed by atoms with Gasteiger partial charge in [-0.3, -0.25) is 9.59 Å². The average molecular weight is 393 g/mol. The summed E-state index contributed by atoms with van der Waals surface area (Å²) in [5.41, 5.74) is 1.02. The Balaban J connectivity index is 1.84. The van der Waals surface area contributed by atoms with E-state index >= 15 is 0 Å². The van der Waals surface area contributed by atoms with Crippen molar-refractivity contribution >= 4 is 22.6 Å². The number of amides is 1. The molecule has 0 saturated carbocycles. The molecule has 0 aliphatic carbocycles. The molecular formula is C22H23N3O4. The highest BCUT2D eigenvalue weighted by atomic mass is 16.5. The molecule has 7 heteroatoms. The first kappa shape index (κ1) is 20.3. The smallest absolute Gasteiger partial charge is 0.328 e. The van der Waals surface area contributed by atoms with Crippen LogP contribution in [0, 0.1) is 5.92 Å². The molecule has 1 atom stereocenters. The number of carbonyl (C=O) groups is 2. The molecule has 3 aromatic rings. The van der Waals surface area contributed by atoms with Crippen molar-refractivity contribution in [2.24, 2.45) is 5.92 Å². The molecule has 0 bridgehead atoms. The van der Waals surface area contributed by atoms with E-state index < -0.39 is 23.5 Å². The fourth-order valence-electron chi connectivity index (χ4n) is 3.04. The zero-order valence-corrected chi connectivity index (χ0v) is 16.6. The summed E-state index contributed by atoms with van der Waals surface area (Å²) in [5.74, 6) is -1.17. The van der Waals surface area contributed by atoms with Gasteiger partial charge in [0.15, 0.2) is 0 Å². The van der Waals surface area contributed by atoms with E-state index in [0.29, 0.717) is 5.69 Å². The standard InChI is InChI=1S/C22H23N3O4/c1-14(2)21(22(28)29-3)23-19(26)13-25-20(27)11-10-18(24-25)17-9-8-15-6-4-5-7-16(15)12-17/h4-12,14,21H,13H2,1-3H3,(H,23,26)/t21-/m0/s1. The van der Waals surface area contributed by atoms with Crippen molar-refractivity contribution < 1.29 is 14.3 Å². The lowest BCUT2D eigenvalue weighted by Gasteiger charge is -2.19. The zero-order chi connectivity index (χ0) is 21.0. The monoisotopic (exact) mass is 393 g/mol. The number of aromatic nitrogens is 2. The number of methoxy groups -OCH3 is 1. The second-order valence-corrected chi connectivity index (χ2v) is 7.09. The van der Waals surface area contributed by atoms with Gasteiger partial charge in [-0.15, -0.1) is 0 Å². The number of ether oxygens (including phenoxy) is 1. The third-order valence-electron chi connectivity index (χ3n) is 4.64. The van der Waals surface area contributed by atoms with Crippen LogP contribution in [0.3, 0.4) is 0 Å². The first-order valence-electron chi connectivity index (χ1n) is 9.33. The Morgan fingerprint density at radius 1 is 1.07 bits per heavy atom. The molecule has 0 saturated heterocycles. The fourth-order valence-corrected chi connectivity index (χ4v) is 3.04. The van der Waals surface area contributed by atoms with Crippen molar-refractivity contribution in [1.82, 2.24) is 15.1 Å². The van der Waals surface area contributed by atoms with Crippen LogP contribution >= 0.6 is 0 Å². The highest BCUT2D eigenvalue weighted by Gasteiger charge is 2.25. The van der Waals surface area contributed by atoms with E-state index in [9.17, 15) is 14.4 Å². The number of carbonyl (C=O) groups excluding carboxylic acids is 2. The summed E-state index contributed by atoms with van der Waals surface area (Å²) >= 11 is 0. The van der Waals surface area contributed by atoms with Gasteiger partial charge in [-0.05, 0) is 28.8 Å². The molecule has 1 amide bonds. The Hall–Kier alpha value is -3.48. The molecule has 150 valence electrons. The van der Waals surface area contributed by atoms with Gasteiger partial charge in [0.1, 0.15) is 12.6 Å². The molecule has 0 unspecified atom stereocenters. The van der Waals surface area contributed by atoms with Crippen LogP contribution in [0.1, 0.15) is 13.8 Å². The van der Waals surface area contributed by atoms with Crippen LogP contribution in [-0.2, 0) is 20.9 Å². The van der Waals surface area contributed by atoms with Gasteiger partial charge in [0.25, 0.3) is 5.56 Å². The van der Waals surface area contributed by atoms with Crippen LogP contribution in [0.5, 0.6) is 0 Å². The molecule has 0 radical (unpaired) electrons. The van der Waals surface area contributed by atoms with Gasteiger partial charge in [-0.1, -0.05) is 50.2 Å². The number of benzene rings is 2. The van der Waals surface area contributed by atoms with Crippen LogP contribution in [-0.4, -0.2) is 34.8 Å². The lowest BCUT2D eigenvalue weighted by atomic mass is 10.0.